The van der Waals surface area contributed by atoms with Gasteiger partial charge in [-0.2, -0.15) is 0 Å². The van der Waals surface area contributed by atoms with Crippen LogP contribution in [0.5, 0.6) is 0 Å². The fourth-order valence-electron chi connectivity index (χ4n) is 1.94. The van der Waals surface area contributed by atoms with Crippen LogP contribution < -0.4 is 0 Å². The number of rotatable bonds is 4. The number of carbonyl (C=O) groups excluding carboxylic acids is 1. The SMILES string of the molecule is Cc1c(Br)cccc1C(=O)N(CCO)C1CC1. The molecule has 0 unspecified atom stereocenters. The quantitative estimate of drug-likeness (QED) is 0.927. The summed E-state index contributed by atoms with van der Waals surface area (Å²) in [6, 6.07) is 5.97. The summed E-state index contributed by atoms with van der Waals surface area (Å²) in [7, 11) is 0. The molecule has 2 rings (SSSR count). The van der Waals surface area contributed by atoms with Crippen LogP contribution in [0.2, 0.25) is 0 Å². The monoisotopic (exact) mass is 297 g/mol. The number of carbonyl (C=O) groups is 1. The zero-order chi connectivity index (χ0) is 12.4. The van der Waals surface area contributed by atoms with Crippen molar-refractivity contribution >= 4 is 21.8 Å². The Bertz CT molecular complexity index is 429. The Morgan fingerprint density at radius 1 is 1.53 bits per heavy atom. The minimum atomic E-state index is 0.0231. The number of halogens is 1. The highest BCUT2D eigenvalue weighted by Crippen LogP contribution is 2.29. The minimum absolute atomic E-state index is 0.0231. The Morgan fingerprint density at radius 2 is 2.24 bits per heavy atom. The summed E-state index contributed by atoms with van der Waals surface area (Å²) in [6.45, 7) is 2.38. The molecular formula is C13H16BrNO2. The molecule has 1 aromatic rings. The molecule has 0 heterocycles. The van der Waals surface area contributed by atoms with Gasteiger partial charge in [0.25, 0.3) is 5.91 Å². The number of nitrogens with zero attached hydrogens (tertiary/aromatic N) is 1. The molecule has 1 aromatic carbocycles. The molecule has 4 heteroatoms. The Balaban J connectivity index is 2.25. The van der Waals surface area contributed by atoms with Crippen LogP contribution >= 0.6 is 15.9 Å². The molecule has 0 radical (unpaired) electrons. The predicted octanol–water partition coefficient (Wildman–Crippen LogP) is 2.35. The number of aliphatic hydroxyl groups is 1. The number of hydrogen-bond acceptors (Lipinski definition) is 2. The molecule has 1 fully saturated rings. The molecule has 1 aliphatic carbocycles. The van der Waals surface area contributed by atoms with E-state index in [1.807, 2.05) is 25.1 Å². The molecule has 0 saturated heterocycles. The van der Waals surface area contributed by atoms with Gasteiger partial charge in [-0.15, -0.1) is 0 Å². The summed E-state index contributed by atoms with van der Waals surface area (Å²) in [5.74, 6) is 0.0281. The second kappa shape index (κ2) is 5.19. The molecule has 1 aliphatic rings. The maximum absolute atomic E-state index is 12.4. The fourth-order valence-corrected chi connectivity index (χ4v) is 2.30. The molecule has 92 valence electrons. The number of aliphatic hydroxyl groups excluding tert-OH is 1. The lowest BCUT2D eigenvalue weighted by Crippen LogP contribution is -2.35. The Kier molecular flexibility index (Phi) is 3.84. The number of benzene rings is 1. The zero-order valence-corrected chi connectivity index (χ0v) is 11.4. The Labute approximate surface area is 110 Å². The van der Waals surface area contributed by atoms with Crippen molar-refractivity contribution in [3.63, 3.8) is 0 Å². The first kappa shape index (κ1) is 12.6. The standard InChI is InChI=1S/C13H16BrNO2/c1-9-11(3-2-4-12(9)14)13(17)15(7-8-16)10-5-6-10/h2-4,10,16H,5-8H2,1H3. The molecule has 1 N–H and O–H groups in total. The summed E-state index contributed by atoms with van der Waals surface area (Å²) in [6.07, 6.45) is 2.11. The van der Waals surface area contributed by atoms with Gasteiger partial charge in [-0.3, -0.25) is 4.79 Å². The smallest absolute Gasteiger partial charge is 0.254 e. The lowest BCUT2D eigenvalue weighted by atomic mass is 10.1. The van der Waals surface area contributed by atoms with Gasteiger partial charge in [0.2, 0.25) is 0 Å². The molecule has 3 nitrogen and oxygen atoms in total. The van der Waals surface area contributed by atoms with Crippen molar-refractivity contribution in [1.82, 2.24) is 4.90 Å². The van der Waals surface area contributed by atoms with Crippen LogP contribution in [0.3, 0.4) is 0 Å². The van der Waals surface area contributed by atoms with Crippen LogP contribution in [0.1, 0.15) is 28.8 Å². The molecule has 17 heavy (non-hydrogen) atoms. The van der Waals surface area contributed by atoms with E-state index in [0.29, 0.717) is 12.6 Å². The highest BCUT2D eigenvalue weighted by molar-refractivity contribution is 9.10. The van der Waals surface area contributed by atoms with E-state index in [4.69, 9.17) is 5.11 Å². The van der Waals surface area contributed by atoms with Gasteiger partial charge in [0.15, 0.2) is 0 Å². The van der Waals surface area contributed by atoms with Crippen molar-refractivity contribution in [3.05, 3.63) is 33.8 Å². The second-order valence-corrected chi connectivity index (χ2v) is 5.22. The second-order valence-electron chi connectivity index (χ2n) is 4.37. The number of amides is 1. The zero-order valence-electron chi connectivity index (χ0n) is 9.82. The summed E-state index contributed by atoms with van der Waals surface area (Å²) < 4.78 is 0.947. The van der Waals surface area contributed by atoms with E-state index in [-0.39, 0.29) is 12.5 Å². The lowest BCUT2D eigenvalue weighted by Gasteiger charge is -2.22. The minimum Gasteiger partial charge on any atom is -0.395 e. The van der Waals surface area contributed by atoms with Gasteiger partial charge < -0.3 is 10.0 Å². The van der Waals surface area contributed by atoms with Crippen molar-refractivity contribution in [2.45, 2.75) is 25.8 Å². The average molecular weight is 298 g/mol. The number of hydrogen-bond donors (Lipinski definition) is 1. The average Bonchev–Trinajstić information content (AvgIpc) is 3.13. The highest BCUT2D eigenvalue weighted by atomic mass is 79.9. The molecule has 0 aromatic heterocycles. The van der Waals surface area contributed by atoms with Crippen LogP contribution in [-0.2, 0) is 0 Å². The fraction of sp³-hybridized carbons (Fsp3) is 0.462. The molecule has 0 atom stereocenters. The van der Waals surface area contributed by atoms with Crippen LogP contribution in [0.4, 0.5) is 0 Å². The van der Waals surface area contributed by atoms with Gasteiger partial charge >= 0.3 is 0 Å². The van der Waals surface area contributed by atoms with E-state index >= 15 is 0 Å². The summed E-state index contributed by atoms with van der Waals surface area (Å²) >= 11 is 3.43. The molecule has 1 saturated carbocycles. The van der Waals surface area contributed by atoms with Gasteiger partial charge in [0.05, 0.1) is 6.61 Å². The molecular weight excluding hydrogens is 282 g/mol. The van der Waals surface area contributed by atoms with Crippen LogP contribution in [0, 0.1) is 6.92 Å². The van der Waals surface area contributed by atoms with Crippen molar-refractivity contribution in [2.75, 3.05) is 13.2 Å². The van der Waals surface area contributed by atoms with E-state index in [9.17, 15) is 4.79 Å². The summed E-state index contributed by atoms with van der Waals surface area (Å²) in [5.41, 5.74) is 1.68. The van der Waals surface area contributed by atoms with E-state index in [2.05, 4.69) is 15.9 Å². The van der Waals surface area contributed by atoms with E-state index in [0.717, 1.165) is 28.4 Å². The molecule has 0 spiro atoms. The Morgan fingerprint density at radius 3 is 2.82 bits per heavy atom. The third kappa shape index (κ3) is 2.69. The maximum atomic E-state index is 12.4. The lowest BCUT2D eigenvalue weighted by molar-refractivity contribution is 0.0707. The van der Waals surface area contributed by atoms with Gasteiger partial charge in [0.1, 0.15) is 0 Å². The van der Waals surface area contributed by atoms with E-state index in [1.165, 1.54) is 0 Å². The molecule has 0 aliphatic heterocycles. The largest absolute Gasteiger partial charge is 0.395 e. The van der Waals surface area contributed by atoms with Gasteiger partial charge in [-0.05, 0) is 37.5 Å². The van der Waals surface area contributed by atoms with E-state index < -0.39 is 0 Å². The third-order valence-corrected chi connectivity index (χ3v) is 3.95. The normalized spacial score (nSPS) is 14.8. The third-order valence-electron chi connectivity index (χ3n) is 3.09. The topological polar surface area (TPSA) is 40.5 Å². The van der Waals surface area contributed by atoms with Gasteiger partial charge in [0, 0.05) is 22.6 Å². The Hall–Kier alpha value is -0.870. The van der Waals surface area contributed by atoms with Crippen molar-refractivity contribution < 1.29 is 9.90 Å². The van der Waals surface area contributed by atoms with Crippen molar-refractivity contribution in [2.24, 2.45) is 0 Å². The predicted molar refractivity (Wildman–Crippen MR) is 70.0 cm³/mol. The summed E-state index contributed by atoms with van der Waals surface area (Å²) in [4.78, 5) is 14.2. The van der Waals surface area contributed by atoms with Crippen LogP contribution in [0.25, 0.3) is 0 Å². The van der Waals surface area contributed by atoms with Crippen LogP contribution in [-0.4, -0.2) is 35.1 Å². The maximum Gasteiger partial charge on any atom is 0.254 e. The molecule has 1 amide bonds. The first-order valence-corrected chi connectivity index (χ1v) is 6.61. The summed E-state index contributed by atoms with van der Waals surface area (Å²) in [5, 5.41) is 9.03. The van der Waals surface area contributed by atoms with Crippen molar-refractivity contribution in [1.29, 1.82) is 0 Å². The molecule has 0 bridgehead atoms. The van der Waals surface area contributed by atoms with Crippen LogP contribution in [0.15, 0.2) is 22.7 Å². The first-order valence-electron chi connectivity index (χ1n) is 5.82. The van der Waals surface area contributed by atoms with Crippen molar-refractivity contribution in [3.8, 4) is 0 Å². The van der Waals surface area contributed by atoms with Gasteiger partial charge in [-0.25, -0.2) is 0 Å². The van der Waals surface area contributed by atoms with Gasteiger partial charge in [-0.1, -0.05) is 22.0 Å². The van der Waals surface area contributed by atoms with E-state index in [1.54, 1.807) is 4.90 Å². The highest BCUT2D eigenvalue weighted by Gasteiger charge is 2.33. The first-order chi connectivity index (χ1) is 8.15.